The maximum Gasteiger partial charge on any atom is 0.253 e. The Labute approximate surface area is 215 Å². The molecule has 1 amide bonds. The van der Waals surface area contributed by atoms with E-state index < -0.39 is 0 Å². The predicted octanol–water partition coefficient (Wildman–Crippen LogP) is 5.91. The van der Waals surface area contributed by atoms with Crippen LogP contribution in [0.3, 0.4) is 0 Å². The molecule has 0 spiro atoms. The molecule has 1 aliphatic rings. The summed E-state index contributed by atoms with van der Waals surface area (Å²) in [6.07, 6.45) is 0. The molecule has 1 saturated heterocycles. The SMILES string of the molecule is CC(C)CN(C[C@@H]1CN(Cc2ccc(N(C)C)cc2)C[C@H]1c1ccc(F)cc1)C(=O)c1ccccc1. The Kier molecular flexibility index (Phi) is 8.42. The third kappa shape index (κ3) is 6.52. The summed E-state index contributed by atoms with van der Waals surface area (Å²) in [5.41, 5.74) is 4.33. The number of amides is 1. The van der Waals surface area contributed by atoms with Crippen LogP contribution in [0, 0.1) is 17.7 Å². The van der Waals surface area contributed by atoms with Gasteiger partial charge < -0.3 is 9.80 Å². The quantitative estimate of drug-likeness (QED) is 0.376. The van der Waals surface area contributed by atoms with Crippen molar-refractivity contribution in [1.29, 1.82) is 0 Å². The first-order valence-corrected chi connectivity index (χ1v) is 12.9. The lowest BCUT2D eigenvalue weighted by Gasteiger charge is -2.30. The number of rotatable bonds is 9. The Bertz CT molecular complexity index is 1110. The average Bonchev–Trinajstić information content (AvgIpc) is 3.26. The van der Waals surface area contributed by atoms with E-state index in [0.29, 0.717) is 19.0 Å². The molecular formula is C31H38FN3O. The number of anilines is 1. The number of nitrogens with zero attached hydrogens (tertiary/aromatic N) is 3. The molecule has 0 aliphatic carbocycles. The number of hydrogen-bond donors (Lipinski definition) is 0. The molecular weight excluding hydrogens is 449 g/mol. The molecule has 0 unspecified atom stereocenters. The van der Waals surface area contributed by atoms with Gasteiger partial charge >= 0.3 is 0 Å². The number of hydrogen-bond acceptors (Lipinski definition) is 3. The molecule has 0 radical (unpaired) electrons. The van der Waals surface area contributed by atoms with E-state index in [9.17, 15) is 9.18 Å². The van der Waals surface area contributed by atoms with Gasteiger partial charge in [-0.05, 0) is 59.4 Å². The van der Waals surface area contributed by atoms with Crippen LogP contribution < -0.4 is 4.90 Å². The number of halogens is 1. The fraction of sp³-hybridized carbons (Fsp3) is 0.387. The Hall–Kier alpha value is -3.18. The molecule has 0 N–H and O–H groups in total. The standard InChI is InChI=1S/C31H38FN3O/c1-23(2)18-35(31(36)26-8-6-5-7-9-26)21-27-20-34(19-24-10-16-29(17-11-24)33(3)4)22-30(27)25-12-14-28(32)15-13-25/h5-17,23,27,30H,18-22H2,1-4H3/t27-,30-/m0/s1. The lowest BCUT2D eigenvalue weighted by molar-refractivity contribution is 0.0703. The second-order valence-electron chi connectivity index (χ2n) is 10.6. The van der Waals surface area contributed by atoms with Crippen LogP contribution in [0.5, 0.6) is 0 Å². The van der Waals surface area contributed by atoms with Crippen molar-refractivity contribution >= 4 is 11.6 Å². The van der Waals surface area contributed by atoms with E-state index in [1.165, 1.54) is 11.3 Å². The summed E-state index contributed by atoms with van der Waals surface area (Å²) in [7, 11) is 4.10. The molecule has 190 valence electrons. The van der Waals surface area contributed by atoms with Crippen molar-refractivity contribution in [3.63, 3.8) is 0 Å². The van der Waals surface area contributed by atoms with Crippen molar-refractivity contribution < 1.29 is 9.18 Å². The highest BCUT2D eigenvalue weighted by molar-refractivity contribution is 5.94. The maximum atomic E-state index is 13.7. The highest BCUT2D eigenvalue weighted by Crippen LogP contribution is 2.35. The number of carbonyl (C=O) groups excluding carboxylic acids is 1. The van der Waals surface area contributed by atoms with Crippen molar-refractivity contribution in [2.24, 2.45) is 11.8 Å². The molecule has 4 rings (SSSR count). The van der Waals surface area contributed by atoms with Gasteiger partial charge in [0.25, 0.3) is 5.91 Å². The molecule has 3 aromatic carbocycles. The van der Waals surface area contributed by atoms with Gasteiger partial charge in [-0.1, -0.05) is 56.3 Å². The first kappa shape index (κ1) is 25.9. The van der Waals surface area contributed by atoms with Gasteiger partial charge in [0.2, 0.25) is 0 Å². The molecule has 3 aromatic rings. The van der Waals surface area contributed by atoms with E-state index in [-0.39, 0.29) is 23.6 Å². The first-order valence-electron chi connectivity index (χ1n) is 12.9. The molecule has 36 heavy (non-hydrogen) atoms. The minimum Gasteiger partial charge on any atom is -0.378 e. The van der Waals surface area contributed by atoms with Gasteiger partial charge in [0.15, 0.2) is 0 Å². The van der Waals surface area contributed by atoms with Crippen LogP contribution in [-0.2, 0) is 6.54 Å². The monoisotopic (exact) mass is 487 g/mol. The van der Waals surface area contributed by atoms with Crippen LogP contribution in [0.15, 0.2) is 78.9 Å². The van der Waals surface area contributed by atoms with E-state index in [4.69, 9.17) is 0 Å². The summed E-state index contributed by atoms with van der Waals surface area (Å²) in [6, 6.07) is 25.2. The fourth-order valence-corrected chi connectivity index (χ4v) is 5.25. The van der Waals surface area contributed by atoms with Gasteiger partial charge in [-0.15, -0.1) is 0 Å². The lowest BCUT2D eigenvalue weighted by atomic mass is 9.88. The zero-order valence-corrected chi connectivity index (χ0v) is 21.9. The van der Waals surface area contributed by atoms with E-state index in [0.717, 1.165) is 30.8 Å². The third-order valence-corrected chi connectivity index (χ3v) is 7.02. The molecule has 4 nitrogen and oxygen atoms in total. The van der Waals surface area contributed by atoms with Gasteiger partial charge in [-0.25, -0.2) is 4.39 Å². The summed E-state index contributed by atoms with van der Waals surface area (Å²) in [6.45, 7) is 8.35. The van der Waals surface area contributed by atoms with Crippen LogP contribution in [0.4, 0.5) is 10.1 Å². The highest BCUT2D eigenvalue weighted by Gasteiger charge is 2.36. The highest BCUT2D eigenvalue weighted by atomic mass is 19.1. The first-order chi connectivity index (χ1) is 17.3. The predicted molar refractivity (Wildman–Crippen MR) is 146 cm³/mol. The Morgan fingerprint density at radius 1 is 0.944 bits per heavy atom. The molecule has 0 saturated carbocycles. The molecule has 0 bridgehead atoms. The minimum absolute atomic E-state index is 0.0832. The zero-order chi connectivity index (χ0) is 25.7. The number of likely N-dealkylation sites (tertiary alicyclic amines) is 1. The van der Waals surface area contributed by atoms with Crippen molar-refractivity contribution in [3.05, 3.63) is 101 Å². The molecule has 5 heteroatoms. The molecule has 1 aliphatic heterocycles. The fourth-order valence-electron chi connectivity index (χ4n) is 5.25. The second kappa shape index (κ2) is 11.7. The number of carbonyl (C=O) groups is 1. The van der Waals surface area contributed by atoms with Crippen molar-refractivity contribution in [2.45, 2.75) is 26.3 Å². The third-order valence-electron chi connectivity index (χ3n) is 7.02. The van der Waals surface area contributed by atoms with Crippen LogP contribution in [0.25, 0.3) is 0 Å². The molecule has 2 atom stereocenters. The van der Waals surface area contributed by atoms with Gasteiger partial charge in [-0.2, -0.15) is 0 Å². The van der Waals surface area contributed by atoms with E-state index in [2.05, 4.69) is 47.9 Å². The average molecular weight is 488 g/mol. The topological polar surface area (TPSA) is 26.8 Å². The zero-order valence-electron chi connectivity index (χ0n) is 21.9. The summed E-state index contributed by atoms with van der Waals surface area (Å²) in [4.78, 5) is 20.1. The summed E-state index contributed by atoms with van der Waals surface area (Å²) >= 11 is 0. The maximum absolute atomic E-state index is 13.7. The van der Waals surface area contributed by atoms with Crippen LogP contribution in [0.2, 0.25) is 0 Å². The Morgan fingerprint density at radius 3 is 2.22 bits per heavy atom. The van der Waals surface area contributed by atoms with E-state index in [1.54, 1.807) is 12.1 Å². The van der Waals surface area contributed by atoms with Gasteiger partial charge in [0.1, 0.15) is 5.82 Å². The smallest absolute Gasteiger partial charge is 0.253 e. The second-order valence-corrected chi connectivity index (χ2v) is 10.6. The minimum atomic E-state index is -0.216. The van der Waals surface area contributed by atoms with Crippen molar-refractivity contribution in [1.82, 2.24) is 9.80 Å². The van der Waals surface area contributed by atoms with Crippen LogP contribution in [0.1, 0.15) is 41.3 Å². The molecule has 1 fully saturated rings. The summed E-state index contributed by atoms with van der Waals surface area (Å²) in [5.74, 6) is 0.745. The number of benzene rings is 3. The summed E-state index contributed by atoms with van der Waals surface area (Å²) in [5, 5.41) is 0. The Balaban J connectivity index is 1.56. The summed E-state index contributed by atoms with van der Waals surface area (Å²) < 4.78 is 13.7. The van der Waals surface area contributed by atoms with Crippen LogP contribution >= 0.6 is 0 Å². The van der Waals surface area contributed by atoms with Crippen LogP contribution in [-0.4, -0.2) is 56.0 Å². The molecule has 0 aromatic heterocycles. The van der Waals surface area contributed by atoms with Crippen molar-refractivity contribution in [2.75, 3.05) is 45.2 Å². The van der Waals surface area contributed by atoms with Crippen molar-refractivity contribution in [3.8, 4) is 0 Å². The Morgan fingerprint density at radius 2 is 1.61 bits per heavy atom. The van der Waals surface area contributed by atoms with Gasteiger partial charge in [0, 0.05) is 64.0 Å². The van der Waals surface area contributed by atoms with Gasteiger partial charge in [0.05, 0.1) is 0 Å². The normalized spacial score (nSPS) is 17.9. The van der Waals surface area contributed by atoms with Gasteiger partial charge in [-0.3, -0.25) is 9.69 Å². The van der Waals surface area contributed by atoms with E-state index >= 15 is 0 Å². The molecule has 1 heterocycles. The lowest BCUT2D eigenvalue weighted by Crippen LogP contribution is -2.39. The van der Waals surface area contributed by atoms with E-state index in [1.807, 2.05) is 61.5 Å². The largest absolute Gasteiger partial charge is 0.378 e.